The smallest absolute Gasteiger partial charge is 0.414 e. The lowest BCUT2D eigenvalue weighted by Gasteiger charge is -2.23. The molecule has 2 aliphatic heterocycles. The zero-order chi connectivity index (χ0) is 28.1. The summed E-state index contributed by atoms with van der Waals surface area (Å²) in [6, 6.07) is 11.2. The Morgan fingerprint density at radius 3 is 2.90 bits per heavy atom. The molecule has 12 heteroatoms. The topological polar surface area (TPSA) is 134 Å². The largest absolute Gasteiger partial charge is 0.481 e. The summed E-state index contributed by atoms with van der Waals surface area (Å²) in [6.45, 7) is 2.31. The first kappa shape index (κ1) is 27.7. The van der Waals surface area contributed by atoms with Crippen LogP contribution < -0.4 is 15.0 Å². The molecular formula is C28H31N5O6S. The Bertz CT molecular complexity index is 1420. The van der Waals surface area contributed by atoms with Crippen molar-refractivity contribution in [2.45, 2.75) is 43.2 Å². The van der Waals surface area contributed by atoms with E-state index in [1.54, 1.807) is 24.3 Å². The Morgan fingerprint density at radius 1 is 1.23 bits per heavy atom. The summed E-state index contributed by atoms with van der Waals surface area (Å²) >= 11 is 1.48. The molecular weight excluding hydrogens is 534 g/mol. The number of nitrogens with one attached hydrogen (secondary N) is 1. The number of thioether (sulfide) groups is 1. The van der Waals surface area contributed by atoms with Crippen LogP contribution in [0.1, 0.15) is 31.2 Å². The first-order valence-electron chi connectivity index (χ1n) is 13.2. The number of anilines is 2. The van der Waals surface area contributed by atoms with E-state index in [4.69, 9.17) is 14.6 Å². The van der Waals surface area contributed by atoms with Crippen LogP contribution in [0.5, 0.6) is 5.88 Å². The van der Waals surface area contributed by atoms with Gasteiger partial charge in [-0.25, -0.2) is 9.78 Å². The lowest BCUT2D eigenvalue weighted by Crippen LogP contribution is -2.28. The number of nitrogens with zero attached hydrogens (tertiary/aromatic N) is 4. The van der Waals surface area contributed by atoms with Gasteiger partial charge < -0.3 is 19.9 Å². The molecule has 5 rings (SSSR count). The summed E-state index contributed by atoms with van der Waals surface area (Å²) in [6.07, 6.45) is 3.12. The number of rotatable bonds is 12. The molecule has 2 aromatic heterocycles. The van der Waals surface area contributed by atoms with Crippen molar-refractivity contribution < 1.29 is 29.0 Å². The van der Waals surface area contributed by atoms with E-state index in [2.05, 4.69) is 20.2 Å². The highest BCUT2D eigenvalue weighted by molar-refractivity contribution is 8.00. The van der Waals surface area contributed by atoms with E-state index in [1.165, 1.54) is 11.8 Å². The molecule has 0 radical (unpaired) electrons. The van der Waals surface area contributed by atoms with Gasteiger partial charge in [-0.2, -0.15) is 0 Å². The van der Waals surface area contributed by atoms with Crippen molar-refractivity contribution in [3.8, 4) is 5.88 Å². The first-order chi connectivity index (χ1) is 19.4. The van der Waals surface area contributed by atoms with Gasteiger partial charge in [0.15, 0.2) is 0 Å². The standard InChI is InChI=1S/C28H31N5O6S/c1-38-25-9-7-21-27(31-25)18(10-11-29-21)15-32(13-3-5-26(35)36)12-2-4-20-16-33(28(37)39-20)19-6-8-23-22(14-19)30-24(34)17-40-23/h6-11,14,20H,2-5,12-13,15-17H2,1H3,(H,30,34)(H,35,36)/t20-/m1/s1. The number of carbonyl (C=O) groups excluding carboxylic acids is 2. The third-order valence-electron chi connectivity index (χ3n) is 6.89. The van der Waals surface area contributed by atoms with Crippen LogP contribution in [0.25, 0.3) is 11.0 Å². The van der Waals surface area contributed by atoms with Crippen molar-refractivity contribution in [2.24, 2.45) is 0 Å². The number of hydrogen-bond donors (Lipinski definition) is 2. The number of ether oxygens (including phenoxy) is 2. The highest BCUT2D eigenvalue weighted by Crippen LogP contribution is 2.35. The van der Waals surface area contributed by atoms with Gasteiger partial charge in [-0.15, -0.1) is 11.8 Å². The zero-order valence-corrected chi connectivity index (χ0v) is 23.0. The van der Waals surface area contributed by atoms with E-state index >= 15 is 0 Å². The van der Waals surface area contributed by atoms with Crippen molar-refractivity contribution in [1.29, 1.82) is 0 Å². The average Bonchev–Trinajstić information content (AvgIpc) is 3.32. The zero-order valence-electron chi connectivity index (χ0n) is 22.2. The minimum absolute atomic E-state index is 0.0564. The van der Waals surface area contributed by atoms with Crippen molar-refractivity contribution in [1.82, 2.24) is 14.9 Å². The minimum atomic E-state index is -0.820. The molecule has 1 atom stereocenters. The van der Waals surface area contributed by atoms with Gasteiger partial charge in [0.05, 0.1) is 36.1 Å². The van der Waals surface area contributed by atoms with Gasteiger partial charge in [0, 0.05) is 35.8 Å². The lowest BCUT2D eigenvalue weighted by molar-refractivity contribution is -0.137. The summed E-state index contributed by atoms with van der Waals surface area (Å²) in [7, 11) is 1.57. The third-order valence-corrected chi connectivity index (χ3v) is 7.97. The summed E-state index contributed by atoms with van der Waals surface area (Å²) in [5.41, 5.74) is 3.90. The maximum atomic E-state index is 12.7. The Hall–Kier alpha value is -3.90. The fraction of sp³-hybridized carbons (Fsp3) is 0.393. The van der Waals surface area contributed by atoms with Gasteiger partial charge >= 0.3 is 12.1 Å². The van der Waals surface area contributed by atoms with E-state index in [-0.39, 0.29) is 18.4 Å². The van der Waals surface area contributed by atoms with Crippen LogP contribution >= 0.6 is 11.8 Å². The minimum Gasteiger partial charge on any atom is -0.481 e. The van der Waals surface area contributed by atoms with Gasteiger partial charge in [-0.05, 0) is 68.2 Å². The Balaban J connectivity index is 1.21. The van der Waals surface area contributed by atoms with Crippen molar-refractivity contribution in [3.05, 3.63) is 48.2 Å². The SMILES string of the molecule is COc1ccc2nccc(CN(CCCC(=O)O)CCC[C@@H]3CN(c4ccc5c(c4)NC(=O)CS5)C(=O)O3)c2n1. The number of cyclic esters (lactones) is 1. The average molecular weight is 566 g/mol. The molecule has 0 bridgehead atoms. The predicted molar refractivity (Wildman–Crippen MR) is 151 cm³/mol. The number of benzene rings is 1. The molecule has 2 aliphatic rings. The molecule has 1 fully saturated rings. The van der Waals surface area contributed by atoms with Gasteiger partial charge in [-0.3, -0.25) is 24.4 Å². The van der Waals surface area contributed by atoms with Crippen LogP contribution in [-0.2, 0) is 20.9 Å². The molecule has 0 unspecified atom stereocenters. The molecule has 3 aromatic rings. The van der Waals surface area contributed by atoms with Gasteiger partial charge in [0.1, 0.15) is 6.10 Å². The monoisotopic (exact) mass is 565 g/mol. The van der Waals surface area contributed by atoms with Gasteiger partial charge in [0.25, 0.3) is 0 Å². The molecule has 210 valence electrons. The maximum absolute atomic E-state index is 12.7. The van der Waals surface area contributed by atoms with Crippen LogP contribution in [0.2, 0.25) is 0 Å². The molecule has 2 amide bonds. The molecule has 0 aliphatic carbocycles. The number of carbonyl (C=O) groups is 3. The number of methoxy groups -OCH3 is 1. The van der Waals surface area contributed by atoms with E-state index in [0.29, 0.717) is 62.0 Å². The highest BCUT2D eigenvalue weighted by atomic mass is 32.2. The Kier molecular flexibility index (Phi) is 8.66. The molecule has 1 aromatic carbocycles. The van der Waals surface area contributed by atoms with Crippen molar-refractivity contribution >= 4 is 52.1 Å². The van der Waals surface area contributed by atoms with Crippen LogP contribution in [0, 0.1) is 0 Å². The first-order valence-corrected chi connectivity index (χ1v) is 14.2. The van der Waals surface area contributed by atoms with Gasteiger partial charge in [-0.1, -0.05) is 0 Å². The Morgan fingerprint density at radius 2 is 2.08 bits per heavy atom. The predicted octanol–water partition coefficient (Wildman–Crippen LogP) is 4.16. The van der Waals surface area contributed by atoms with Crippen LogP contribution in [0.4, 0.5) is 16.2 Å². The number of pyridine rings is 2. The normalized spacial score (nSPS) is 16.6. The second kappa shape index (κ2) is 12.5. The van der Waals surface area contributed by atoms with E-state index in [1.807, 2.05) is 30.3 Å². The third kappa shape index (κ3) is 6.62. The van der Waals surface area contributed by atoms with Crippen LogP contribution in [0.3, 0.4) is 0 Å². The summed E-state index contributed by atoms with van der Waals surface area (Å²) in [5.74, 6) is 0.0141. The van der Waals surface area contributed by atoms with Crippen molar-refractivity contribution in [3.63, 3.8) is 0 Å². The van der Waals surface area contributed by atoms with Crippen molar-refractivity contribution in [2.75, 3.05) is 42.7 Å². The quantitative estimate of drug-likeness (QED) is 0.330. The molecule has 2 N–H and O–H groups in total. The highest BCUT2D eigenvalue weighted by Gasteiger charge is 2.32. The molecule has 11 nitrogen and oxygen atoms in total. The summed E-state index contributed by atoms with van der Waals surface area (Å²) in [5, 5.41) is 12.0. The number of amides is 2. The second-order valence-corrected chi connectivity index (χ2v) is 10.8. The molecule has 0 saturated carbocycles. The lowest BCUT2D eigenvalue weighted by atomic mass is 10.1. The molecule has 40 heavy (non-hydrogen) atoms. The molecule has 0 spiro atoms. The maximum Gasteiger partial charge on any atom is 0.414 e. The Labute approximate surface area is 235 Å². The summed E-state index contributed by atoms with van der Waals surface area (Å²) in [4.78, 5) is 49.3. The number of carboxylic acid groups (broad SMARTS) is 1. The number of carboxylic acids is 1. The molecule has 1 saturated heterocycles. The fourth-order valence-electron chi connectivity index (χ4n) is 4.93. The number of aromatic nitrogens is 2. The fourth-order valence-corrected chi connectivity index (χ4v) is 5.72. The summed E-state index contributed by atoms with van der Waals surface area (Å²) < 4.78 is 10.9. The number of aliphatic carboxylic acids is 1. The second-order valence-electron chi connectivity index (χ2n) is 9.74. The number of fused-ring (bicyclic) bond motifs is 2. The van der Waals surface area contributed by atoms with Gasteiger partial charge in [0.2, 0.25) is 11.8 Å². The molecule has 4 heterocycles. The van der Waals surface area contributed by atoms with E-state index in [9.17, 15) is 14.4 Å². The van der Waals surface area contributed by atoms with E-state index in [0.717, 1.165) is 27.9 Å². The van der Waals surface area contributed by atoms with Crippen LogP contribution in [-0.4, -0.2) is 76.5 Å². The van der Waals surface area contributed by atoms with E-state index < -0.39 is 12.1 Å². The van der Waals surface area contributed by atoms with Crippen LogP contribution in [0.15, 0.2) is 47.5 Å². The number of hydrogen-bond acceptors (Lipinski definition) is 9.